The van der Waals surface area contributed by atoms with Gasteiger partial charge in [0, 0.05) is 17.8 Å². The molecule has 0 saturated carbocycles. The zero-order valence-corrected chi connectivity index (χ0v) is 23.8. The highest BCUT2D eigenvalue weighted by Crippen LogP contribution is 2.27. The van der Waals surface area contributed by atoms with Crippen molar-refractivity contribution in [2.45, 2.75) is 45.4 Å². The second kappa shape index (κ2) is 13.6. The van der Waals surface area contributed by atoms with Gasteiger partial charge in [-0.2, -0.15) is 0 Å². The number of halogens is 2. The lowest BCUT2D eigenvalue weighted by molar-refractivity contribution is -0.113. The molecule has 202 valence electrons. The summed E-state index contributed by atoms with van der Waals surface area (Å²) in [5, 5.41) is 15.7. The molecule has 2 amide bonds. The fourth-order valence-corrected chi connectivity index (χ4v) is 4.66. The molecule has 2 N–H and O–H groups in total. The summed E-state index contributed by atoms with van der Waals surface area (Å²) < 4.78 is 6.85. The molecule has 3 aromatic rings. The van der Waals surface area contributed by atoms with Gasteiger partial charge in [0.1, 0.15) is 0 Å². The Morgan fingerprint density at radius 1 is 1.00 bits per heavy atom. The number of esters is 1. The second-order valence-corrected chi connectivity index (χ2v) is 10.3. The molecule has 0 spiro atoms. The molecular weight excluding hydrogens is 549 g/mol. The summed E-state index contributed by atoms with van der Waals surface area (Å²) in [6.07, 6.45) is 0. The van der Waals surface area contributed by atoms with E-state index in [2.05, 4.69) is 20.8 Å². The number of anilines is 1. The molecule has 12 heteroatoms. The fourth-order valence-electron chi connectivity index (χ4n) is 3.56. The number of hydrogen-bond acceptors (Lipinski definition) is 7. The van der Waals surface area contributed by atoms with E-state index in [0.29, 0.717) is 51.0 Å². The van der Waals surface area contributed by atoms with Crippen molar-refractivity contribution in [1.82, 2.24) is 20.1 Å². The summed E-state index contributed by atoms with van der Waals surface area (Å²) in [7, 11) is 0. The standard InChI is InChI=1S/C26H29Cl2N5O4S/c1-5-33-23(22(15(3)4)30-24(35)17-9-12-19(27)20(28)13-17)31-32-26(33)38-14-21(34)29-18-10-7-16(8-11-18)25(36)37-6-2/h7-13,15,22H,5-6,14H2,1-4H3,(H,29,34)(H,30,35)/t22-/m1/s1. The molecule has 0 aliphatic heterocycles. The van der Waals surface area contributed by atoms with Gasteiger partial charge in [0.2, 0.25) is 5.91 Å². The van der Waals surface area contributed by atoms with Crippen molar-refractivity contribution in [2.24, 2.45) is 5.92 Å². The number of ether oxygens (including phenoxy) is 1. The molecule has 0 radical (unpaired) electrons. The van der Waals surface area contributed by atoms with Gasteiger partial charge < -0.3 is 19.9 Å². The molecule has 0 aliphatic carbocycles. The summed E-state index contributed by atoms with van der Waals surface area (Å²) in [6, 6.07) is 10.8. The smallest absolute Gasteiger partial charge is 0.338 e. The van der Waals surface area contributed by atoms with Crippen molar-refractivity contribution < 1.29 is 19.1 Å². The maximum atomic E-state index is 12.9. The van der Waals surface area contributed by atoms with Crippen LogP contribution in [0.3, 0.4) is 0 Å². The average molecular weight is 579 g/mol. The van der Waals surface area contributed by atoms with Crippen LogP contribution in [0.25, 0.3) is 0 Å². The van der Waals surface area contributed by atoms with E-state index in [-0.39, 0.29) is 23.5 Å². The maximum Gasteiger partial charge on any atom is 0.338 e. The summed E-state index contributed by atoms with van der Waals surface area (Å²) in [6.45, 7) is 8.47. The van der Waals surface area contributed by atoms with Crippen LogP contribution in [-0.2, 0) is 16.1 Å². The Morgan fingerprint density at radius 2 is 1.68 bits per heavy atom. The van der Waals surface area contributed by atoms with Crippen LogP contribution in [-0.4, -0.2) is 44.9 Å². The van der Waals surface area contributed by atoms with Crippen molar-refractivity contribution in [3.05, 3.63) is 69.5 Å². The number of amides is 2. The van der Waals surface area contributed by atoms with E-state index in [9.17, 15) is 14.4 Å². The van der Waals surface area contributed by atoms with E-state index < -0.39 is 12.0 Å². The summed E-state index contributed by atoms with van der Waals surface area (Å²) in [5.41, 5.74) is 1.36. The third kappa shape index (κ3) is 7.49. The molecule has 1 aromatic heterocycles. The molecule has 3 rings (SSSR count). The highest BCUT2D eigenvalue weighted by atomic mass is 35.5. The first-order valence-corrected chi connectivity index (χ1v) is 13.8. The van der Waals surface area contributed by atoms with Gasteiger partial charge in [-0.3, -0.25) is 9.59 Å². The first kappa shape index (κ1) is 29.5. The molecule has 0 aliphatic rings. The Morgan fingerprint density at radius 3 is 2.29 bits per heavy atom. The SMILES string of the molecule is CCOC(=O)c1ccc(NC(=O)CSc2nnc([C@H](NC(=O)c3ccc(Cl)c(Cl)c3)C(C)C)n2CC)cc1. The average Bonchev–Trinajstić information content (AvgIpc) is 3.30. The van der Waals surface area contributed by atoms with E-state index in [1.54, 1.807) is 43.3 Å². The van der Waals surface area contributed by atoms with E-state index in [1.807, 2.05) is 25.3 Å². The molecule has 1 atom stereocenters. The lowest BCUT2D eigenvalue weighted by Crippen LogP contribution is -2.33. The number of benzene rings is 2. The predicted molar refractivity (Wildman–Crippen MR) is 149 cm³/mol. The molecule has 38 heavy (non-hydrogen) atoms. The summed E-state index contributed by atoms with van der Waals surface area (Å²) >= 11 is 13.3. The molecule has 0 fully saturated rings. The number of carbonyl (C=O) groups excluding carboxylic acids is 3. The van der Waals surface area contributed by atoms with E-state index in [4.69, 9.17) is 27.9 Å². The van der Waals surface area contributed by atoms with Crippen LogP contribution < -0.4 is 10.6 Å². The molecule has 1 heterocycles. The van der Waals surface area contributed by atoms with Gasteiger partial charge in [-0.25, -0.2) is 4.79 Å². The van der Waals surface area contributed by atoms with Gasteiger partial charge in [-0.1, -0.05) is 48.8 Å². The summed E-state index contributed by atoms with van der Waals surface area (Å²) in [4.78, 5) is 37.3. The number of rotatable bonds is 11. The normalized spacial score (nSPS) is 11.8. The van der Waals surface area contributed by atoms with E-state index >= 15 is 0 Å². The Balaban J connectivity index is 1.66. The van der Waals surface area contributed by atoms with Gasteiger partial charge in [-0.15, -0.1) is 10.2 Å². The zero-order valence-electron chi connectivity index (χ0n) is 21.5. The molecule has 2 aromatic carbocycles. The Labute approximate surface area is 235 Å². The number of thioether (sulfide) groups is 1. The monoisotopic (exact) mass is 577 g/mol. The molecule has 0 unspecified atom stereocenters. The Bertz CT molecular complexity index is 1300. The first-order valence-electron chi connectivity index (χ1n) is 12.0. The molecule has 0 saturated heterocycles. The zero-order chi connectivity index (χ0) is 27.8. The third-order valence-electron chi connectivity index (χ3n) is 5.49. The quantitative estimate of drug-likeness (QED) is 0.224. The Kier molecular flexibility index (Phi) is 10.6. The molecule has 9 nitrogen and oxygen atoms in total. The van der Waals surface area contributed by atoms with Crippen LogP contribution in [0.4, 0.5) is 5.69 Å². The van der Waals surface area contributed by atoms with Crippen LogP contribution in [0.15, 0.2) is 47.6 Å². The van der Waals surface area contributed by atoms with Crippen LogP contribution in [0.5, 0.6) is 0 Å². The minimum absolute atomic E-state index is 0.00921. The van der Waals surface area contributed by atoms with E-state index in [1.165, 1.54) is 17.8 Å². The predicted octanol–water partition coefficient (Wildman–Crippen LogP) is 5.64. The third-order valence-corrected chi connectivity index (χ3v) is 7.19. The highest BCUT2D eigenvalue weighted by molar-refractivity contribution is 7.99. The topological polar surface area (TPSA) is 115 Å². The van der Waals surface area contributed by atoms with Gasteiger partial charge in [0.25, 0.3) is 5.91 Å². The van der Waals surface area contributed by atoms with Crippen LogP contribution >= 0.6 is 35.0 Å². The van der Waals surface area contributed by atoms with Gasteiger partial charge >= 0.3 is 5.97 Å². The minimum atomic E-state index is -0.425. The maximum absolute atomic E-state index is 12.9. The molecular formula is C26H29Cl2N5O4S. The van der Waals surface area contributed by atoms with Gasteiger partial charge in [0.05, 0.1) is 34.0 Å². The lowest BCUT2D eigenvalue weighted by atomic mass is 10.0. The number of hydrogen-bond donors (Lipinski definition) is 2. The van der Waals surface area contributed by atoms with Crippen LogP contribution in [0.2, 0.25) is 10.0 Å². The number of nitrogens with one attached hydrogen (secondary N) is 2. The highest BCUT2D eigenvalue weighted by Gasteiger charge is 2.26. The minimum Gasteiger partial charge on any atom is -0.462 e. The number of nitrogens with zero attached hydrogens (tertiary/aromatic N) is 3. The van der Waals surface area contributed by atoms with Crippen molar-refractivity contribution in [2.75, 3.05) is 17.7 Å². The van der Waals surface area contributed by atoms with Crippen molar-refractivity contribution in [3.8, 4) is 0 Å². The lowest BCUT2D eigenvalue weighted by Gasteiger charge is -2.22. The molecule has 0 bridgehead atoms. The van der Waals surface area contributed by atoms with Crippen LogP contribution in [0.1, 0.15) is 60.3 Å². The summed E-state index contributed by atoms with van der Waals surface area (Å²) in [5.74, 6) is -0.263. The Hall–Kier alpha value is -3.08. The second-order valence-electron chi connectivity index (χ2n) is 8.54. The first-order chi connectivity index (χ1) is 18.1. The number of carbonyl (C=O) groups is 3. The van der Waals surface area contributed by atoms with Gasteiger partial charge in [0.15, 0.2) is 11.0 Å². The van der Waals surface area contributed by atoms with Crippen molar-refractivity contribution in [3.63, 3.8) is 0 Å². The van der Waals surface area contributed by atoms with E-state index in [0.717, 1.165) is 0 Å². The van der Waals surface area contributed by atoms with Crippen molar-refractivity contribution >= 4 is 58.4 Å². The fraction of sp³-hybridized carbons (Fsp3) is 0.346. The van der Waals surface area contributed by atoms with Crippen LogP contribution in [0, 0.1) is 5.92 Å². The van der Waals surface area contributed by atoms with Gasteiger partial charge in [-0.05, 0) is 62.2 Å². The largest absolute Gasteiger partial charge is 0.462 e. The van der Waals surface area contributed by atoms with Crippen molar-refractivity contribution in [1.29, 1.82) is 0 Å². The number of aromatic nitrogens is 3.